The quantitative estimate of drug-likeness (QED) is 0.893. The van der Waals surface area contributed by atoms with E-state index >= 15 is 0 Å². The van der Waals surface area contributed by atoms with E-state index in [0.29, 0.717) is 27.7 Å². The standard InChI is InChI=1S/C17H17ClN2O3/c1-10-8-16(23-3)15(18)9-14(10)17(22)20-13-6-4-12(5-7-13)19-11(2)21/h4-9H,1-3H3,(H,19,21)(H,20,22). The second-order valence-corrected chi connectivity index (χ2v) is 5.42. The maximum Gasteiger partial charge on any atom is 0.255 e. The van der Waals surface area contributed by atoms with Crippen LogP contribution in [-0.2, 0) is 4.79 Å². The molecule has 0 aliphatic rings. The molecule has 0 spiro atoms. The zero-order valence-electron chi connectivity index (χ0n) is 13.1. The summed E-state index contributed by atoms with van der Waals surface area (Å²) < 4.78 is 5.13. The third kappa shape index (κ3) is 4.23. The van der Waals surface area contributed by atoms with Gasteiger partial charge in [0.2, 0.25) is 5.91 Å². The van der Waals surface area contributed by atoms with Crippen molar-refractivity contribution in [1.29, 1.82) is 0 Å². The van der Waals surface area contributed by atoms with Gasteiger partial charge in [-0.25, -0.2) is 0 Å². The summed E-state index contributed by atoms with van der Waals surface area (Å²) in [5.41, 5.74) is 2.52. The molecule has 5 nitrogen and oxygen atoms in total. The molecule has 0 saturated heterocycles. The molecule has 2 amide bonds. The second-order valence-electron chi connectivity index (χ2n) is 5.01. The first-order valence-corrected chi connectivity index (χ1v) is 7.31. The van der Waals surface area contributed by atoms with Crippen molar-refractivity contribution < 1.29 is 14.3 Å². The molecule has 0 heterocycles. The molecule has 23 heavy (non-hydrogen) atoms. The molecule has 2 rings (SSSR count). The number of halogens is 1. The van der Waals surface area contributed by atoms with Crippen molar-refractivity contribution in [2.75, 3.05) is 17.7 Å². The van der Waals surface area contributed by atoms with Crippen LogP contribution in [0, 0.1) is 6.92 Å². The van der Waals surface area contributed by atoms with E-state index in [4.69, 9.17) is 16.3 Å². The summed E-state index contributed by atoms with van der Waals surface area (Å²) in [5, 5.41) is 5.84. The van der Waals surface area contributed by atoms with Crippen molar-refractivity contribution in [2.45, 2.75) is 13.8 Å². The highest BCUT2D eigenvalue weighted by Gasteiger charge is 2.13. The van der Waals surface area contributed by atoms with E-state index in [1.54, 1.807) is 36.4 Å². The van der Waals surface area contributed by atoms with Gasteiger partial charge in [-0.2, -0.15) is 0 Å². The number of amides is 2. The zero-order valence-corrected chi connectivity index (χ0v) is 13.8. The zero-order chi connectivity index (χ0) is 17.0. The second kappa shape index (κ2) is 7.15. The SMILES string of the molecule is COc1cc(C)c(C(=O)Nc2ccc(NC(C)=O)cc2)cc1Cl. The van der Waals surface area contributed by atoms with Gasteiger partial charge in [-0.05, 0) is 48.9 Å². The van der Waals surface area contributed by atoms with E-state index in [1.165, 1.54) is 14.0 Å². The molecule has 0 aromatic heterocycles. The van der Waals surface area contributed by atoms with Crippen LogP contribution in [0.25, 0.3) is 0 Å². The minimum atomic E-state index is -0.265. The number of ether oxygens (including phenoxy) is 1. The topological polar surface area (TPSA) is 67.4 Å². The Morgan fingerprint density at radius 1 is 1.04 bits per heavy atom. The molecule has 0 aliphatic carbocycles. The first-order chi connectivity index (χ1) is 10.9. The molecular formula is C17H17ClN2O3. The minimum absolute atomic E-state index is 0.148. The first-order valence-electron chi connectivity index (χ1n) is 6.94. The van der Waals surface area contributed by atoms with Crippen LogP contribution in [0.4, 0.5) is 11.4 Å². The van der Waals surface area contributed by atoms with Gasteiger partial charge in [0.15, 0.2) is 0 Å². The average Bonchev–Trinajstić information content (AvgIpc) is 2.50. The van der Waals surface area contributed by atoms with Gasteiger partial charge in [-0.3, -0.25) is 9.59 Å². The van der Waals surface area contributed by atoms with Crippen molar-refractivity contribution in [1.82, 2.24) is 0 Å². The number of benzene rings is 2. The van der Waals surface area contributed by atoms with Crippen LogP contribution < -0.4 is 15.4 Å². The number of methoxy groups -OCH3 is 1. The highest BCUT2D eigenvalue weighted by molar-refractivity contribution is 6.32. The number of nitrogens with one attached hydrogen (secondary N) is 2. The Labute approximate surface area is 139 Å². The van der Waals surface area contributed by atoms with E-state index < -0.39 is 0 Å². The van der Waals surface area contributed by atoms with Crippen molar-refractivity contribution in [3.8, 4) is 5.75 Å². The lowest BCUT2D eigenvalue weighted by Crippen LogP contribution is -2.13. The number of carbonyl (C=O) groups excluding carboxylic acids is 2. The summed E-state index contributed by atoms with van der Waals surface area (Å²) in [7, 11) is 1.52. The molecule has 0 unspecified atom stereocenters. The highest BCUT2D eigenvalue weighted by Crippen LogP contribution is 2.28. The number of carbonyl (C=O) groups is 2. The van der Waals surface area contributed by atoms with Gasteiger partial charge in [0.05, 0.1) is 12.1 Å². The maximum atomic E-state index is 12.4. The van der Waals surface area contributed by atoms with Crippen molar-refractivity contribution in [3.63, 3.8) is 0 Å². The van der Waals surface area contributed by atoms with Gasteiger partial charge in [-0.15, -0.1) is 0 Å². The Morgan fingerprint density at radius 2 is 1.61 bits per heavy atom. The van der Waals surface area contributed by atoms with E-state index in [0.717, 1.165) is 5.56 Å². The number of anilines is 2. The largest absolute Gasteiger partial charge is 0.495 e. The molecule has 0 aliphatic heterocycles. The first kappa shape index (κ1) is 16.8. The Morgan fingerprint density at radius 3 is 2.13 bits per heavy atom. The van der Waals surface area contributed by atoms with Gasteiger partial charge in [-0.1, -0.05) is 11.6 Å². The minimum Gasteiger partial charge on any atom is -0.495 e. The van der Waals surface area contributed by atoms with Crippen molar-refractivity contribution in [2.24, 2.45) is 0 Å². The Balaban J connectivity index is 2.16. The summed E-state index contributed by atoms with van der Waals surface area (Å²) in [6, 6.07) is 10.1. The third-order valence-electron chi connectivity index (χ3n) is 3.21. The molecule has 0 bridgehead atoms. The fourth-order valence-electron chi connectivity index (χ4n) is 2.09. The summed E-state index contributed by atoms with van der Waals surface area (Å²) in [4.78, 5) is 23.3. The predicted octanol–water partition coefficient (Wildman–Crippen LogP) is 3.87. The van der Waals surface area contributed by atoms with Gasteiger partial charge >= 0.3 is 0 Å². The van der Waals surface area contributed by atoms with Crippen LogP contribution in [0.3, 0.4) is 0 Å². The van der Waals surface area contributed by atoms with Crippen LogP contribution in [0.15, 0.2) is 36.4 Å². The normalized spacial score (nSPS) is 10.1. The van der Waals surface area contributed by atoms with Crippen LogP contribution in [-0.4, -0.2) is 18.9 Å². The molecule has 0 fully saturated rings. The molecule has 6 heteroatoms. The van der Waals surface area contributed by atoms with Gasteiger partial charge in [0.1, 0.15) is 5.75 Å². The third-order valence-corrected chi connectivity index (χ3v) is 3.50. The maximum absolute atomic E-state index is 12.4. The lowest BCUT2D eigenvalue weighted by atomic mass is 10.1. The summed E-state index contributed by atoms with van der Waals surface area (Å²) in [5.74, 6) is 0.116. The van der Waals surface area contributed by atoms with E-state index in [2.05, 4.69) is 10.6 Å². The summed E-state index contributed by atoms with van der Waals surface area (Å²) >= 11 is 6.07. The monoisotopic (exact) mass is 332 g/mol. The van der Waals surface area contributed by atoms with Crippen molar-refractivity contribution in [3.05, 3.63) is 52.5 Å². The number of hydrogen-bond donors (Lipinski definition) is 2. The fourth-order valence-corrected chi connectivity index (χ4v) is 2.34. The smallest absolute Gasteiger partial charge is 0.255 e. The highest BCUT2D eigenvalue weighted by atomic mass is 35.5. The molecule has 120 valence electrons. The molecular weight excluding hydrogens is 316 g/mol. The Kier molecular flexibility index (Phi) is 5.24. The Bertz CT molecular complexity index is 742. The molecule has 2 N–H and O–H groups in total. The van der Waals surface area contributed by atoms with Gasteiger partial charge in [0, 0.05) is 23.9 Å². The van der Waals surface area contributed by atoms with Crippen LogP contribution in [0.5, 0.6) is 5.75 Å². The van der Waals surface area contributed by atoms with Crippen LogP contribution >= 0.6 is 11.6 Å². The summed E-state index contributed by atoms with van der Waals surface area (Å²) in [6.45, 7) is 3.25. The number of aryl methyl sites for hydroxylation is 1. The average molecular weight is 333 g/mol. The molecule has 2 aromatic rings. The molecule has 0 radical (unpaired) electrons. The molecule has 0 atom stereocenters. The lowest BCUT2D eigenvalue weighted by molar-refractivity contribution is -0.114. The number of rotatable bonds is 4. The van der Waals surface area contributed by atoms with E-state index in [1.807, 2.05) is 6.92 Å². The Hall–Kier alpha value is -2.53. The summed E-state index contributed by atoms with van der Waals surface area (Å²) in [6.07, 6.45) is 0. The molecule has 0 saturated carbocycles. The fraction of sp³-hybridized carbons (Fsp3) is 0.176. The van der Waals surface area contributed by atoms with Gasteiger partial charge < -0.3 is 15.4 Å². The van der Waals surface area contributed by atoms with Gasteiger partial charge in [0.25, 0.3) is 5.91 Å². The van der Waals surface area contributed by atoms with Crippen molar-refractivity contribution >= 4 is 34.8 Å². The van der Waals surface area contributed by atoms with E-state index in [9.17, 15) is 9.59 Å². The molecule has 2 aromatic carbocycles. The lowest BCUT2D eigenvalue weighted by Gasteiger charge is -2.11. The van der Waals surface area contributed by atoms with Crippen LogP contribution in [0.1, 0.15) is 22.8 Å². The predicted molar refractivity (Wildman–Crippen MR) is 91.4 cm³/mol. The van der Waals surface area contributed by atoms with Crippen LogP contribution in [0.2, 0.25) is 5.02 Å². The number of hydrogen-bond acceptors (Lipinski definition) is 3. The van der Waals surface area contributed by atoms with E-state index in [-0.39, 0.29) is 11.8 Å².